The van der Waals surface area contributed by atoms with E-state index >= 15 is 0 Å². The van der Waals surface area contributed by atoms with Crippen molar-refractivity contribution in [2.75, 3.05) is 13.3 Å². The Balaban J connectivity index is 2.63. The third-order valence-electron chi connectivity index (χ3n) is 1.70. The van der Waals surface area contributed by atoms with Crippen molar-refractivity contribution in [3.8, 4) is 0 Å². The van der Waals surface area contributed by atoms with E-state index in [-0.39, 0.29) is 5.66 Å². The lowest BCUT2D eigenvalue weighted by atomic mass is 10.1. The van der Waals surface area contributed by atoms with Crippen LogP contribution in [0.4, 0.5) is 0 Å². The normalized spacial score (nSPS) is 29.7. The summed E-state index contributed by atoms with van der Waals surface area (Å²) >= 11 is 1.68. The Kier molecular flexibility index (Phi) is 1.88. The standard InChI is InChI=1S/C7H12N2S/c1-5(2)7(8-3)6(9-7)10-4/h8H,1H2,2-4H3. The molecular weight excluding hydrogens is 144 g/mol. The molecule has 1 aliphatic heterocycles. The first-order valence-electron chi connectivity index (χ1n) is 3.16. The van der Waals surface area contributed by atoms with Gasteiger partial charge in [0.15, 0.2) is 5.66 Å². The lowest BCUT2D eigenvalue weighted by Crippen LogP contribution is -2.34. The van der Waals surface area contributed by atoms with Gasteiger partial charge in [0, 0.05) is 0 Å². The van der Waals surface area contributed by atoms with Gasteiger partial charge in [-0.15, -0.1) is 11.8 Å². The molecule has 2 nitrogen and oxygen atoms in total. The minimum atomic E-state index is -0.181. The van der Waals surface area contributed by atoms with Gasteiger partial charge in [-0.1, -0.05) is 6.58 Å². The molecule has 56 valence electrons. The summed E-state index contributed by atoms with van der Waals surface area (Å²) in [6.45, 7) is 5.86. The summed E-state index contributed by atoms with van der Waals surface area (Å²) in [5.41, 5.74) is 0.888. The Hall–Kier alpha value is -0.280. The molecule has 0 radical (unpaired) electrons. The summed E-state index contributed by atoms with van der Waals surface area (Å²) in [5, 5.41) is 4.27. The minimum absolute atomic E-state index is 0.181. The molecule has 0 aromatic heterocycles. The van der Waals surface area contributed by atoms with E-state index in [4.69, 9.17) is 0 Å². The Morgan fingerprint density at radius 3 is 2.50 bits per heavy atom. The molecule has 1 aliphatic rings. The third kappa shape index (κ3) is 0.896. The number of thioether (sulfide) groups is 1. The van der Waals surface area contributed by atoms with Gasteiger partial charge in [0.25, 0.3) is 0 Å². The second kappa shape index (κ2) is 2.40. The SMILES string of the molecule is C=C(C)C1(NC)N=C1SC. The van der Waals surface area contributed by atoms with Gasteiger partial charge in [-0.05, 0) is 25.8 Å². The molecule has 0 saturated heterocycles. The lowest BCUT2D eigenvalue weighted by Gasteiger charge is -2.12. The molecule has 0 spiro atoms. The van der Waals surface area contributed by atoms with Crippen LogP contribution in [0.3, 0.4) is 0 Å². The summed E-state index contributed by atoms with van der Waals surface area (Å²) in [4.78, 5) is 4.29. The number of hydrogen-bond donors (Lipinski definition) is 1. The average Bonchev–Trinajstić information content (AvgIpc) is 2.62. The Bertz CT molecular complexity index is 198. The topological polar surface area (TPSA) is 24.4 Å². The van der Waals surface area contributed by atoms with Gasteiger partial charge in [0.1, 0.15) is 5.04 Å². The fraction of sp³-hybridized carbons (Fsp3) is 0.571. The number of aliphatic imine (C=N–C) groups is 1. The molecule has 1 heterocycles. The molecule has 0 amide bonds. The molecular formula is C7H12N2S. The first kappa shape index (κ1) is 7.82. The van der Waals surface area contributed by atoms with Crippen molar-refractivity contribution in [1.82, 2.24) is 5.32 Å². The lowest BCUT2D eigenvalue weighted by molar-refractivity contribution is 0.653. The van der Waals surface area contributed by atoms with E-state index in [0.717, 1.165) is 10.6 Å². The van der Waals surface area contributed by atoms with Crippen LogP contribution in [-0.2, 0) is 0 Å². The fourth-order valence-electron chi connectivity index (χ4n) is 0.972. The predicted molar refractivity (Wildman–Crippen MR) is 47.6 cm³/mol. The van der Waals surface area contributed by atoms with Gasteiger partial charge in [-0.25, -0.2) is 4.99 Å². The molecule has 0 aromatic carbocycles. The zero-order chi connectivity index (χ0) is 7.78. The highest BCUT2D eigenvalue weighted by molar-refractivity contribution is 8.14. The quantitative estimate of drug-likeness (QED) is 0.609. The third-order valence-corrected chi connectivity index (χ3v) is 2.47. The van der Waals surface area contributed by atoms with Crippen molar-refractivity contribution in [2.45, 2.75) is 12.6 Å². The molecule has 1 atom stereocenters. The molecule has 1 rings (SSSR count). The molecule has 10 heavy (non-hydrogen) atoms. The Labute approximate surface area is 65.8 Å². The molecule has 0 fully saturated rings. The van der Waals surface area contributed by atoms with Gasteiger partial charge in [-0.2, -0.15) is 0 Å². The monoisotopic (exact) mass is 156 g/mol. The number of likely N-dealkylation sites (N-methyl/N-ethyl adjacent to an activating group) is 1. The highest BCUT2D eigenvalue weighted by Gasteiger charge is 2.46. The number of rotatable bonds is 2. The number of hydrogen-bond acceptors (Lipinski definition) is 3. The van der Waals surface area contributed by atoms with Crippen molar-refractivity contribution in [1.29, 1.82) is 0 Å². The van der Waals surface area contributed by atoms with E-state index < -0.39 is 0 Å². The van der Waals surface area contributed by atoms with E-state index in [1.807, 2.05) is 20.2 Å². The first-order chi connectivity index (χ1) is 4.67. The minimum Gasteiger partial charge on any atom is -0.287 e. The Morgan fingerprint density at radius 1 is 1.80 bits per heavy atom. The summed E-state index contributed by atoms with van der Waals surface area (Å²) < 4.78 is 0. The summed E-state index contributed by atoms with van der Waals surface area (Å²) in [6, 6.07) is 0. The maximum atomic E-state index is 4.29. The molecule has 0 aliphatic carbocycles. The maximum absolute atomic E-state index is 4.29. The second-order valence-corrected chi connectivity index (χ2v) is 3.16. The van der Waals surface area contributed by atoms with Gasteiger partial charge < -0.3 is 0 Å². The van der Waals surface area contributed by atoms with Crippen LogP contribution in [0.1, 0.15) is 6.92 Å². The largest absolute Gasteiger partial charge is 0.287 e. The smallest absolute Gasteiger partial charge is 0.181 e. The van der Waals surface area contributed by atoms with Crippen LogP contribution in [0.25, 0.3) is 0 Å². The van der Waals surface area contributed by atoms with Crippen molar-refractivity contribution in [3.05, 3.63) is 12.2 Å². The second-order valence-electron chi connectivity index (χ2n) is 2.36. The van der Waals surface area contributed by atoms with E-state index in [0.29, 0.717) is 0 Å². The molecule has 0 aromatic rings. The first-order valence-corrected chi connectivity index (χ1v) is 4.39. The van der Waals surface area contributed by atoms with Crippen molar-refractivity contribution in [3.63, 3.8) is 0 Å². The molecule has 0 saturated carbocycles. The van der Waals surface area contributed by atoms with E-state index in [9.17, 15) is 0 Å². The van der Waals surface area contributed by atoms with Crippen molar-refractivity contribution in [2.24, 2.45) is 4.99 Å². The van der Waals surface area contributed by atoms with Crippen LogP contribution in [0.5, 0.6) is 0 Å². The zero-order valence-electron chi connectivity index (χ0n) is 6.56. The van der Waals surface area contributed by atoms with Crippen LogP contribution in [0.2, 0.25) is 0 Å². The van der Waals surface area contributed by atoms with Crippen LogP contribution in [0, 0.1) is 0 Å². The molecule has 1 N–H and O–H groups in total. The van der Waals surface area contributed by atoms with Crippen LogP contribution in [-0.4, -0.2) is 24.0 Å². The van der Waals surface area contributed by atoms with Crippen LogP contribution < -0.4 is 5.32 Å². The van der Waals surface area contributed by atoms with Gasteiger partial charge in [0.05, 0.1) is 0 Å². The molecule has 0 bridgehead atoms. The zero-order valence-corrected chi connectivity index (χ0v) is 7.38. The molecule has 1 unspecified atom stereocenters. The summed E-state index contributed by atoms with van der Waals surface area (Å²) in [7, 11) is 1.90. The van der Waals surface area contributed by atoms with Gasteiger partial charge in [-0.3, -0.25) is 5.32 Å². The molecule has 3 heteroatoms. The van der Waals surface area contributed by atoms with E-state index in [1.54, 1.807) is 11.8 Å². The fourth-order valence-corrected chi connectivity index (χ4v) is 1.77. The van der Waals surface area contributed by atoms with E-state index in [1.165, 1.54) is 0 Å². The van der Waals surface area contributed by atoms with Crippen molar-refractivity contribution < 1.29 is 0 Å². The van der Waals surface area contributed by atoms with Crippen molar-refractivity contribution >= 4 is 16.8 Å². The summed E-state index contributed by atoms with van der Waals surface area (Å²) in [6.07, 6.45) is 2.03. The van der Waals surface area contributed by atoms with Gasteiger partial charge in [0.2, 0.25) is 0 Å². The highest BCUT2D eigenvalue weighted by atomic mass is 32.2. The Morgan fingerprint density at radius 2 is 2.40 bits per heavy atom. The average molecular weight is 156 g/mol. The highest BCUT2D eigenvalue weighted by Crippen LogP contribution is 2.36. The van der Waals surface area contributed by atoms with Gasteiger partial charge >= 0.3 is 0 Å². The van der Waals surface area contributed by atoms with E-state index in [2.05, 4.69) is 16.9 Å². The number of nitrogens with zero attached hydrogens (tertiary/aromatic N) is 1. The predicted octanol–water partition coefficient (Wildman–Crippen LogP) is 1.25. The van der Waals surface area contributed by atoms with Crippen LogP contribution in [0.15, 0.2) is 17.1 Å². The van der Waals surface area contributed by atoms with Crippen LogP contribution >= 0.6 is 11.8 Å². The maximum Gasteiger partial charge on any atom is 0.181 e. The number of nitrogens with one attached hydrogen (secondary N) is 1. The summed E-state index contributed by atoms with van der Waals surface area (Å²) in [5.74, 6) is 0.